The molecule has 2 aromatic heterocycles. The molecular formula is C52H51Cl2N5O8. The molecule has 0 saturated carbocycles. The molecule has 4 aromatic carbocycles. The molecule has 0 amide bonds. The zero-order valence-electron chi connectivity index (χ0n) is 37.6. The van der Waals surface area contributed by atoms with Crippen molar-refractivity contribution in [2.24, 2.45) is 5.92 Å². The second-order valence-corrected chi connectivity index (χ2v) is 17.2. The van der Waals surface area contributed by atoms with E-state index in [4.69, 9.17) is 42.1 Å². The number of benzene rings is 4. The number of aromatic nitrogens is 2. The minimum atomic E-state index is -1.04. The molecule has 13 nitrogen and oxygen atoms in total. The van der Waals surface area contributed by atoms with E-state index in [-0.39, 0.29) is 58.5 Å². The van der Waals surface area contributed by atoms with Crippen LogP contribution >= 0.6 is 23.2 Å². The molecule has 1 unspecified atom stereocenters. The highest BCUT2D eigenvalue weighted by Crippen LogP contribution is 2.38. The lowest BCUT2D eigenvalue weighted by atomic mass is 9.92. The van der Waals surface area contributed by atoms with Crippen molar-refractivity contribution in [1.29, 1.82) is 10.5 Å². The number of nitriles is 2. The van der Waals surface area contributed by atoms with Gasteiger partial charge in [-0.15, -0.1) is 0 Å². The molecule has 1 atom stereocenters. The van der Waals surface area contributed by atoms with Crippen molar-refractivity contribution in [3.63, 3.8) is 0 Å². The SMILES string of the molecule is Cc1c(COc2cc(OCc3cncc(C#N)c3)c(CO)cc2Cl)cccc1-c1cccc(COc2cc(OCc3cncc(C#N)c3)c(CN(CC(C)C)C(CCO)C(=O)O)cc2Cl)c1C. The van der Waals surface area contributed by atoms with Gasteiger partial charge < -0.3 is 34.3 Å². The van der Waals surface area contributed by atoms with Gasteiger partial charge in [-0.05, 0) is 83.8 Å². The maximum absolute atomic E-state index is 12.4. The second kappa shape index (κ2) is 23.7. The molecule has 6 rings (SSSR count). The van der Waals surface area contributed by atoms with Gasteiger partial charge in [0.1, 0.15) is 67.6 Å². The molecule has 67 heavy (non-hydrogen) atoms. The van der Waals surface area contributed by atoms with Gasteiger partial charge in [-0.1, -0.05) is 73.4 Å². The summed E-state index contributed by atoms with van der Waals surface area (Å²) in [6, 6.07) is 25.3. The van der Waals surface area contributed by atoms with Gasteiger partial charge in [0.2, 0.25) is 0 Å². The average Bonchev–Trinajstić information content (AvgIpc) is 3.32. The molecular weight excluding hydrogens is 894 g/mol. The summed E-state index contributed by atoms with van der Waals surface area (Å²) in [6.45, 7) is 8.62. The predicted octanol–water partition coefficient (Wildman–Crippen LogP) is 9.91. The highest BCUT2D eigenvalue weighted by atomic mass is 35.5. The summed E-state index contributed by atoms with van der Waals surface area (Å²) in [5, 5.41) is 49.2. The summed E-state index contributed by atoms with van der Waals surface area (Å²) >= 11 is 13.6. The minimum Gasteiger partial charge on any atom is -0.488 e. The number of hydrogen-bond acceptors (Lipinski definition) is 12. The molecule has 0 bridgehead atoms. The Hall–Kier alpha value is -6.71. The number of hydrogen-bond donors (Lipinski definition) is 3. The van der Waals surface area contributed by atoms with Gasteiger partial charge in [0.25, 0.3) is 0 Å². The zero-order valence-corrected chi connectivity index (χ0v) is 39.1. The first-order valence-corrected chi connectivity index (χ1v) is 22.3. The number of pyridine rings is 2. The largest absolute Gasteiger partial charge is 0.488 e. The number of aliphatic hydroxyl groups is 2. The second-order valence-electron chi connectivity index (χ2n) is 16.3. The Bertz CT molecular complexity index is 2790. The lowest BCUT2D eigenvalue weighted by molar-refractivity contribution is -0.144. The first kappa shape index (κ1) is 49.7. The smallest absolute Gasteiger partial charge is 0.321 e. The minimum absolute atomic E-state index is 0.0452. The molecule has 3 N–H and O–H groups in total. The van der Waals surface area contributed by atoms with Crippen molar-refractivity contribution >= 4 is 29.2 Å². The fourth-order valence-electron chi connectivity index (χ4n) is 7.61. The van der Waals surface area contributed by atoms with E-state index in [1.54, 1.807) is 53.7 Å². The molecule has 0 fully saturated rings. The fraction of sp³-hybridized carbons (Fsp3) is 0.288. The molecule has 0 saturated heterocycles. The van der Waals surface area contributed by atoms with Crippen molar-refractivity contribution in [1.82, 2.24) is 14.9 Å². The fourth-order valence-corrected chi connectivity index (χ4v) is 8.10. The van der Waals surface area contributed by atoms with E-state index >= 15 is 0 Å². The Kier molecular flexibility index (Phi) is 17.6. The number of aliphatic carboxylic acids is 1. The van der Waals surface area contributed by atoms with Crippen molar-refractivity contribution in [3.8, 4) is 46.3 Å². The third-order valence-electron chi connectivity index (χ3n) is 11.1. The monoisotopic (exact) mass is 943 g/mol. The number of carboxylic acid groups (broad SMARTS) is 1. The van der Waals surface area contributed by atoms with Gasteiger partial charge >= 0.3 is 5.97 Å². The molecule has 15 heteroatoms. The summed E-state index contributed by atoms with van der Waals surface area (Å²) in [5.74, 6) is 0.620. The summed E-state index contributed by atoms with van der Waals surface area (Å²) in [6.07, 6.45) is 6.20. The van der Waals surface area contributed by atoms with Gasteiger partial charge in [0.15, 0.2) is 0 Å². The van der Waals surface area contributed by atoms with E-state index in [1.807, 2.05) is 52.0 Å². The average molecular weight is 945 g/mol. The molecule has 6 aromatic rings. The Morgan fingerprint density at radius 3 is 1.60 bits per heavy atom. The Labute approximate surface area is 400 Å². The van der Waals surface area contributed by atoms with Gasteiger partial charge in [0, 0.05) is 78.9 Å². The zero-order chi connectivity index (χ0) is 48.0. The number of carboxylic acids is 1. The van der Waals surface area contributed by atoms with Crippen LogP contribution in [0.3, 0.4) is 0 Å². The van der Waals surface area contributed by atoms with Crippen molar-refractivity contribution < 1.29 is 39.1 Å². The summed E-state index contributed by atoms with van der Waals surface area (Å²) in [7, 11) is 0. The van der Waals surface area contributed by atoms with Crippen LogP contribution in [0.5, 0.6) is 23.0 Å². The predicted molar refractivity (Wildman–Crippen MR) is 254 cm³/mol. The molecule has 346 valence electrons. The molecule has 0 aliphatic heterocycles. The molecule has 2 heterocycles. The molecule has 0 aliphatic carbocycles. The van der Waals surface area contributed by atoms with Gasteiger partial charge in [-0.3, -0.25) is 19.7 Å². The molecule has 0 radical (unpaired) electrons. The van der Waals surface area contributed by atoms with Crippen LogP contribution in [0.2, 0.25) is 10.0 Å². The van der Waals surface area contributed by atoms with Crippen molar-refractivity contribution in [2.45, 2.75) is 79.7 Å². The van der Waals surface area contributed by atoms with Crippen molar-refractivity contribution in [3.05, 3.63) is 163 Å². The topological polar surface area (TPSA) is 191 Å². The van der Waals surface area contributed by atoms with E-state index in [1.165, 1.54) is 12.4 Å². The van der Waals surface area contributed by atoms with Crippen LogP contribution < -0.4 is 18.9 Å². The van der Waals surface area contributed by atoms with Gasteiger partial charge in [-0.2, -0.15) is 10.5 Å². The number of ether oxygens (including phenoxy) is 4. The number of rotatable bonds is 22. The number of halogens is 2. The van der Waals surface area contributed by atoms with Crippen molar-refractivity contribution in [2.75, 3.05) is 13.2 Å². The first-order chi connectivity index (χ1) is 32.3. The highest BCUT2D eigenvalue weighted by molar-refractivity contribution is 6.32. The lowest BCUT2D eigenvalue weighted by Gasteiger charge is -2.31. The summed E-state index contributed by atoms with van der Waals surface area (Å²) < 4.78 is 25.1. The highest BCUT2D eigenvalue weighted by Gasteiger charge is 2.28. The van der Waals surface area contributed by atoms with E-state index in [2.05, 4.69) is 34.2 Å². The van der Waals surface area contributed by atoms with E-state index < -0.39 is 12.0 Å². The maximum Gasteiger partial charge on any atom is 0.321 e. The Morgan fingerprint density at radius 1 is 0.672 bits per heavy atom. The molecule has 0 aliphatic rings. The van der Waals surface area contributed by atoms with Crippen LogP contribution in [0.15, 0.2) is 97.6 Å². The number of aliphatic hydroxyl groups excluding tert-OH is 2. The molecule has 0 spiro atoms. The van der Waals surface area contributed by atoms with E-state index in [9.17, 15) is 30.6 Å². The van der Waals surface area contributed by atoms with Crippen LogP contribution in [0.4, 0.5) is 0 Å². The maximum atomic E-state index is 12.4. The summed E-state index contributed by atoms with van der Waals surface area (Å²) in [5.41, 5.74) is 9.09. The third-order valence-corrected chi connectivity index (χ3v) is 11.7. The van der Waals surface area contributed by atoms with Crippen LogP contribution in [0, 0.1) is 42.4 Å². The summed E-state index contributed by atoms with van der Waals surface area (Å²) in [4.78, 5) is 22.4. The van der Waals surface area contributed by atoms with Gasteiger partial charge in [-0.25, -0.2) is 0 Å². The van der Waals surface area contributed by atoms with Crippen LogP contribution in [0.1, 0.15) is 75.9 Å². The number of carbonyl (C=O) groups is 1. The van der Waals surface area contributed by atoms with E-state index in [0.717, 1.165) is 33.4 Å². The van der Waals surface area contributed by atoms with Crippen LogP contribution in [0.25, 0.3) is 11.1 Å². The standard InChI is InChI=1S/C52H51Cl2N5O8/c1-32(2)25-59(47(11-12-60)52(62)63)26-41-15-45(53)50(17-48(41)64-28-37-13-35(19-55)21-57-23-37)66-30-39-7-5-9-43(33(39)3)44-10-6-8-40(34(44)4)31-67-51-18-49(42(27-61)16-46(51)54)65-29-38-14-36(20-56)22-58-24-38/h5-10,13-18,21-24,32,47,60-61H,11-12,25-31H2,1-4H3,(H,62,63). The van der Waals surface area contributed by atoms with Crippen LogP contribution in [-0.2, 0) is 44.4 Å². The quantitative estimate of drug-likeness (QED) is 0.0583. The van der Waals surface area contributed by atoms with Gasteiger partial charge in [0.05, 0.1) is 27.8 Å². The van der Waals surface area contributed by atoms with Crippen LogP contribution in [-0.4, -0.2) is 55.4 Å². The normalized spacial score (nSPS) is 11.5. The Morgan fingerprint density at radius 2 is 1.15 bits per heavy atom. The number of nitrogens with zero attached hydrogens (tertiary/aromatic N) is 5. The Balaban J connectivity index is 1.22. The van der Waals surface area contributed by atoms with E-state index in [0.29, 0.717) is 73.0 Å². The first-order valence-electron chi connectivity index (χ1n) is 21.5. The lowest BCUT2D eigenvalue weighted by Crippen LogP contribution is -2.43. The third kappa shape index (κ3) is 13.0.